The van der Waals surface area contributed by atoms with E-state index in [0.29, 0.717) is 34.4 Å². The molecule has 0 spiro atoms. The number of carbonyl (C=O) groups is 1. The summed E-state index contributed by atoms with van der Waals surface area (Å²) in [5.74, 6) is 0.185. The van der Waals surface area contributed by atoms with Gasteiger partial charge in [-0.05, 0) is 47.5 Å². The third-order valence-electron chi connectivity index (χ3n) is 4.90. The van der Waals surface area contributed by atoms with E-state index in [-0.39, 0.29) is 12.3 Å². The first-order chi connectivity index (χ1) is 15.1. The Morgan fingerprint density at radius 1 is 1.06 bits per heavy atom. The van der Waals surface area contributed by atoms with Crippen molar-refractivity contribution in [2.45, 2.75) is 19.9 Å². The summed E-state index contributed by atoms with van der Waals surface area (Å²) in [6.45, 7) is 2.21. The van der Waals surface area contributed by atoms with Gasteiger partial charge in [0.2, 0.25) is 11.8 Å². The lowest BCUT2D eigenvalue weighted by atomic mass is 9.99. The highest BCUT2D eigenvalue weighted by atomic mass is 35.5. The molecule has 4 aromatic rings. The van der Waals surface area contributed by atoms with Gasteiger partial charge in [-0.25, -0.2) is 4.90 Å². The second-order valence-corrected chi connectivity index (χ2v) is 7.35. The highest BCUT2D eigenvalue weighted by Crippen LogP contribution is 2.42. The fraction of sp³-hybridized carbons (Fsp3) is 0.125. The molecule has 0 aliphatic carbocycles. The highest BCUT2D eigenvalue weighted by Gasteiger charge is 2.28. The second-order valence-electron chi connectivity index (χ2n) is 6.91. The van der Waals surface area contributed by atoms with Gasteiger partial charge in [-0.2, -0.15) is 0 Å². The van der Waals surface area contributed by atoms with Crippen LogP contribution in [0, 0.1) is 0 Å². The van der Waals surface area contributed by atoms with E-state index >= 15 is 0 Å². The van der Waals surface area contributed by atoms with E-state index < -0.39 is 0 Å². The first-order valence-electron chi connectivity index (χ1n) is 9.90. The third kappa shape index (κ3) is 4.21. The summed E-state index contributed by atoms with van der Waals surface area (Å²) in [6.07, 6.45) is 3.66. The molecule has 2 aromatic heterocycles. The first-order valence-corrected chi connectivity index (χ1v) is 10.3. The molecular weight excluding hydrogens is 412 g/mol. The van der Waals surface area contributed by atoms with Gasteiger partial charge >= 0.3 is 0 Å². The quantitative estimate of drug-likeness (QED) is 0.429. The van der Waals surface area contributed by atoms with E-state index in [2.05, 4.69) is 10.1 Å². The first kappa shape index (κ1) is 20.8. The molecule has 0 atom stereocenters. The smallest absolute Gasteiger partial charge is 0.247 e. The molecule has 6 nitrogen and oxygen atoms in total. The summed E-state index contributed by atoms with van der Waals surface area (Å²) >= 11 is 6.21. The van der Waals surface area contributed by atoms with Crippen molar-refractivity contribution in [3.8, 4) is 22.4 Å². The number of amides is 1. The SMILES string of the molecule is CCC(=O)N(c1cccc(Cl)c1)c1onc(-c2cccc(CN)c2)c1-c1ccncc1. The minimum Gasteiger partial charge on any atom is -0.337 e. The second kappa shape index (κ2) is 9.12. The van der Waals surface area contributed by atoms with Crippen LogP contribution in [-0.2, 0) is 11.3 Å². The molecule has 0 bridgehead atoms. The number of hydrogen-bond donors (Lipinski definition) is 1. The number of halogens is 1. The Kier molecular flexibility index (Phi) is 6.11. The minimum absolute atomic E-state index is 0.143. The number of nitrogens with two attached hydrogens (primary N) is 1. The van der Waals surface area contributed by atoms with Crippen molar-refractivity contribution in [1.29, 1.82) is 0 Å². The molecule has 4 rings (SSSR count). The predicted molar refractivity (Wildman–Crippen MR) is 122 cm³/mol. The standard InChI is InChI=1S/C24H21ClN4O2/c1-2-21(30)29(20-8-4-7-19(25)14-20)24-22(17-9-11-27-12-10-17)23(28-31-24)18-6-3-5-16(13-18)15-26/h3-14H,2,15,26H2,1H3. The predicted octanol–water partition coefficient (Wildman–Crippen LogP) is 5.59. The van der Waals surface area contributed by atoms with Crippen LogP contribution in [0.25, 0.3) is 22.4 Å². The summed E-state index contributed by atoms with van der Waals surface area (Å²) in [6, 6.07) is 18.6. The fourth-order valence-corrected chi connectivity index (χ4v) is 3.59. The Hall–Kier alpha value is -3.48. The number of nitrogens with zero attached hydrogens (tertiary/aromatic N) is 3. The van der Waals surface area contributed by atoms with Gasteiger partial charge in [0.25, 0.3) is 0 Å². The highest BCUT2D eigenvalue weighted by molar-refractivity contribution is 6.31. The van der Waals surface area contributed by atoms with Crippen molar-refractivity contribution in [3.63, 3.8) is 0 Å². The van der Waals surface area contributed by atoms with Crippen molar-refractivity contribution in [2.24, 2.45) is 5.73 Å². The van der Waals surface area contributed by atoms with Crippen molar-refractivity contribution in [2.75, 3.05) is 4.90 Å². The molecule has 1 amide bonds. The van der Waals surface area contributed by atoms with Gasteiger partial charge in [-0.15, -0.1) is 0 Å². The minimum atomic E-state index is -0.143. The van der Waals surface area contributed by atoms with Crippen LogP contribution in [0.5, 0.6) is 0 Å². The van der Waals surface area contributed by atoms with Gasteiger partial charge in [0.05, 0.1) is 11.3 Å². The van der Waals surface area contributed by atoms with E-state index in [1.54, 1.807) is 37.5 Å². The maximum atomic E-state index is 13.0. The lowest BCUT2D eigenvalue weighted by Gasteiger charge is -2.21. The summed E-state index contributed by atoms with van der Waals surface area (Å²) in [4.78, 5) is 18.7. The molecule has 0 fully saturated rings. The van der Waals surface area contributed by atoms with Crippen LogP contribution in [0.2, 0.25) is 5.02 Å². The summed E-state index contributed by atoms with van der Waals surface area (Å²) in [5.41, 5.74) is 10.4. The number of pyridine rings is 1. The van der Waals surface area contributed by atoms with E-state index in [9.17, 15) is 4.79 Å². The number of hydrogen-bond acceptors (Lipinski definition) is 5. The Balaban J connectivity index is 1.97. The van der Waals surface area contributed by atoms with Crippen molar-refractivity contribution >= 4 is 29.1 Å². The largest absolute Gasteiger partial charge is 0.337 e. The van der Waals surface area contributed by atoms with E-state index in [4.69, 9.17) is 21.9 Å². The monoisotopic (exact) mass is 432 g/mol. The summed E-state index contributed by atoms with van der Waals surface area (Å²) < 4.78 is 5.82. The van der Waals surface area contributed by atoms with E-state index in [1.165, 1.54) is 4.90 Å². The Morgan fingerprint density at radius 2 is 1.84 bits per heavy atom. The number of rotatable bonds is 6. The molecule has 0 radical (unpaired) electrons. The zero-order valence-corrected chi connectivity index (χ0v) is 17.7. The average molecular weight is 433 g/mol. The van der Waals surface area contributed by atoms with Crippen molar-refractivity contribution < 1.29 is 9.32 Å². The van der Waals surface area contributed by atoms with Crippen LogP contribution >= 0.6 is 11.6 Å². The van der Waals surface area contributed by atoms with Crippen LogP contribution in [0.3, 0.4) is 0 Å². The van der Waals surface area contributed by atoms with Gasteiger partial charge in [-0.3, -0.25) is 9.78 Å². The van der Waals surface area contributed by atoms with Gasteiger partial charge in [0.1, 0.15) is 5.69 Å². The molecule has 2 N–H and O–H groups in total. The van der Waals surface area contributed by atoms with E-state index in [0.717, 1.165) is 16.7 Å². The number of anilines is 2. The molecular formula is C24H21ClN4O2. The number of aromatic nitrogens is 2. The van der Waals surface area contributed by atoms with Crippen LogP contribution in [0.4, 0.5) is 11.6 Å². The van der Waals surface area contributed by atoms with Gasteiger partial charge in [0, 0.05) is 35.9 Å². The molecule has 2 aromatic carbocycles. The van der Waals surface area contributed by atoms with Crippen LogP contribution in [-0.4, -0.2) is 16.0 Å². The fourth-order valence-electron chi connectivity index (χ4n) is 3.40. The zero-order valence-electron chi connectivity index (χ0n) is 17.0. The molecule has 0 saturated carbocycles. The summed E-state index contributed by atoms with van der Waals surface area (Å²) in [5, 5.41) is 4.88. The normalized spacial score (nSPS) is 10.8. The van der Waals surface area contributed by atoms with Crippen LogP contribution in [0.1, 0.15) is 18.9 Å². The molecule has 0 unspecified atom stereocenters. The molecule has 7 heteroatoms. The Bertz CT molecular complexity index is 1210. The number of carbonyl (C=O) groups excluding carboxylic acids is 1. The lowest BCUT2D eigenvalue weighted by Crippen LogP contribution is -2.25. The Morgan fingerprint density at radius 3 is 2.55 bits per heavy atom. The van der Waals surface area contributed by atoms with Gasteiger partial charge in [0.15, 0.2) is 0 Å². The molecule has 0 aliphatic rings. The van der Waals surface area contributed by atoms with Gasteiger partial charge in [-0.1, -0.05) is 47.9 Å². The van der Waals surface area contributed by atoms with Crippen LogP contribution in [0.15, 0.2) is 77.6 Å². The maximum absolute atomic E-state index is 13.0. The topological polar surface area (TPSA) is 85.2 Å². The lowest BCUT2D eigenvalue weighted by molar-refractivity contribution is -0.117. The van der Waals surface area contributed by atoms with Crippen molar-refractivity contribution in [3.05, 3.63) is 83.6 Å². The third-order valence-corrected chi connectivity index (χ3v) is 5.14. The van der Waals surface area contributed by atoms with E-state index in [1.807, 2.05) is 42.5 Å². The average Bonchev–Trinajstić information content (AvgIpc) is 3.24. The zero-order chi connectivity index (χ0) is 21.8. The molecule has 0 saturated heterocycles. The molecule has 31 heavy (non-hydrogen) atoms. The molecule has 0 aliphatic heterocycles. The van der Waals surface area contributed by atoms with Crippen LogP contribution < -0.4 is 10.6 Å². The molecule has 2 heterocycles. The Labute approximate surface area is 185 Å². The van der Waals surface area contributed by atoms with Crippen molar-refractivity contribution in [1.82, 2.24) is 10.1 Å². The summed E-state index contributed by atoms with van der Waals surface area (Å²) in [7, 11) is 0. The maximum Gasteiger partial charge on any atom is 0.247 e. The number of benzene rings is 2. The molecule has 156 valence electrons. The van der Waals surface area contributed by atoms with Gasteiger partial charge < -0.3 is 10.3 Å².